The van der Waals surface area contributed by atoms with E-state index in [9.17, 15) is 9.59 Å². The minimum Gasteiger partial charge on any atom is -0.466 e. The number of nitrogens with two attached hydrogens (primary N) is 1. The Balaban J connectivity index is 2.44. The first-order valence-corrected chi connectivity index (χ1v) is 4.61. The van der Waals surface area contributed by atoms with E-state index in [2.05, 4.69) is 5.10 Å². The predicted octanol–water partition coefficient (Wildman–Crippen LogP) is -0.0648. The Morgan fingerprint density at radius 2 is 2.33 bits per heavy atom. The molecule has 0 spiro atoms. The van der Waals surface area contributed by atoms with Gasteiger partial charge in [0.15, 0.2) is 0 Å². The number of carbonyl (C=O) groups excluding carboxylic acids is 2. The molecule has 15 heavy (non-hydrogen) atoms. The largest absolute Gasteiger partial charge is 0.466 e. The molecule has 1 aromatic heterocycles. The van der Waals surface area contributed by atoms with Gasteiger partial charge in [0.05, 0.1) is 31.3 Å². The van der Waals surface area contributed by atoms with Gasteiger partial charge < -0.3 is 10.5 Å². The van der Waals surface area contributed by atoms with Crippen molar-refractivity contribution < 1.29 is 14.3 Å². The van der Waals surface area contributed by atoms with Gasteiger partial charge in [-0.2, -0.15) is 5.10 Å². The highest BCUT2D eigenvalue weighted by Gasteiger charge is 2.06. The van der Waals surface area contributed by atoms with Crippen LogP contribution in [0.4, 0.5) is 0 Å². The predicted molar refractivity (Wildman–Crippen MR) is 52.0 cm³/mol. The van der Waals surface area contributed by atoms with E-state index < -0.39 is 5.91 Å². The average Bonchev–Trinajstić information content (AvgIpc) is 2.63. The third-order valence-electron chi connectivity index (χ3n) is 1.77. The second-order valence-corrected chi connectivity index (χ2v) is 2.91. The van der Waals surface area contributed by atoms with E-state index in [1.807, 2.05) is 0 Å². The molecular formula is C9H13N3O3. The number of nitrogens with zero attached hydrogens (tertiary/aromatic N) is 2. The zero-order valence-corrected chi connectivity index (χ0v) is 8.47. The molecule has 1 heterocycles. The Bertz CT molecular complexity index is 359. The topological polar surface area (TPSA) is 87.2 Å². The lowest BCUT2D eigenvalue weighted by molar-refractivity contribution is -0.143. The van der Waals surface area contributed by atoms with Crippen molar-refractivity contribution >= 4 is 11.9 Å². The summed E-state index contributed by atoms with van der Waals surface area (Å²) in [4.78, 5) is 21.7. The van der Waals surface area contributed by atoms with Crippen LogP contribution in [0.5, 0.6) is 0 Å². The standard InChI is InChI=1S/C9H13N3O3/c1-2-15-8(13)3-4-12-6-7(5-11-12)9(10)14/h5-6H,2-4H2,1H3,(H2,10,14). The summed E-state index contributed by atoms with van der Waals surface area (Å²) in [6.07, 6.45) is 3.10. The Labute approximate surface area is 87.0 Å². The van der Waals surface area contributed by atoms with Gasteiger partial charge >= 0.3 is 5.97 Å². The van der Waals surface area contributed by atoms with E-state index in [1.165, 1.54) is 17.1 Å². The Morgan fingerprint density at radius 3 is 2.87 bits per heavy atom. The summed E-state index contributed by atoms with van der Waals surface area (Å²) in [7, 11) is 0. The van der Waals surface area contributed by atoms with Crippen molar-refractivity contribution in [2.75, 3.05) is 6.61 Å². The molecule has 6 nitrogen and oxygen atoms in total. The van der Waals surface area contributed by atoms with E-state index in [0.717, 1.165) is 0 Å². The van der Waals surface area contributed by atoms with E-state index >= 15 is 0 Å². The third kappa shape index (κ3) is 3.41. The smallest absolute Gasteiger partial charge is 0.307 e. The van der Waals surface area contributed by atoms with Gasteiger partial charge in [-0.25, -0.2) is 0 Å². The van der Waals surface area contributed by atoms with Crippen LogP contribution in [0, 0.1) is 0 Å². The fourth-order valence-electron chi connectivity index (χ4n) is 1.05. The summed E-state index contributed by atoms with van der Waals surface area (Å²) in [5.74, 6) is -0.814. The minimum atomic E-state index is -0.530. The molecule has 2 N–H and O–H groups in total. The van der Waals surface area contributed by atoms with Gasteiger partial charge in [0.25, 0.3) is 5.91 Å². The van der Waals surface area contributed by atoms with Crippen LogP contribution in [0.3, 0.4) is 0 Å². The molecule has 0 atom stereocenters. The second kappa shape index (κ2) is 5.14. The number of primary amides is 1. The summed E-state index contributed by atoms with van der Waals surface area (Å²) < 4.78 is 6.23. The maximum atomic E-state index is 11.0. The second-order valence-electron chi connectivity index (χ2n) is 2.91. The molecule has 0 aromatic carbocycles. The number of esters is 1. The number of hydrogen-bond acceptors (Lipinski definition) is 4. The minimum absolute atomic E-state index is 0.230. The molecule has 0 aliphatic rings. The number of amides is 1. The molecule has 0 unspecified atom stereocenters. The third-order valence-corrected chi connectivity index (χ3v) is 1.77. The van der Waals surface area contributed by atoms with Crippen LogP contribution in [-0.4, -0.2) is 28.3 Å². The van der Waals surface area contributed by atoms with Crippen LogP contribution in [0.2, 0.25) is 0 Å². The summed E-state index contributed by atoms with van der Waals surface area (Å²) in [5, 5.41) is 3.88. The molecular weight excluding hydrogens is 198 g/mol. The quantitative estimate of drug-likeness (QED) is 0.691. The molecule has 1 aromatic rings. The van der Waals surface area contributed by atoms with Crippen molar-refractivity contribution in [3.05, 3.63) is 18.0 Å². The molecule has 0 saturated heterocycles. The first kappa shape index (κ1) is 11.2. The number of ether oxygens (including phenoxy) is 1. The highest BCUT2D eigenvalue weighted by molar-refractivity contribution is 5.92. The van der Waals surface area contributed by atoms with Crippen LogP contribution in [0.15, 0.2) is 12.4 Å². The Kier molecular flexibility index (Phi) is 3.84. The fourth-order valence-corrected chi connectivity index (χ4v) is 1.05. The van der Waals surface area contributed by atoms with Gasteiger partial charge in [0.2, 0.25) is 0 Å². The van der Waals surface area contributed by atoms with E-state index in [4.69, 9.17) is 10.5 Å². The van der Waals surface area contributed by atoms with E-state index in [-0.39, 0.29) is 12.4 Å². The first-order valence-electron chi connectivity index (χ1n) is 4.61. The number of carbonyl (C=O) groups is 2. The van der Waals surface area contributed by atoms with Gasteiger partial charge in [-0.15, -0.1) is 0 Å². The molecule has 0 aliphatic carbocycles. The molecule has 1 rings (SSSR count). The van der Waals surface area contributed by atoms with Gasteiger partial charge in [-0.05, 0) is 6.92 Å². The lowest BCUT2D eigenvalue weighted by Gasteiger charge is -2.01. The van der Waals surface area contributed by atoms with Crippen molar-refractivity contribution in [3.63, 3.8) is 0 Å². The highest BCUT2D eigenvalue weighted by atomic mass is 16.5. The van der Waals surface area contributed by atoms with E-state index in [0.29, 0.717) is 18.7 Å². The number of hydrogen-bond donors (Lipinski definition) is 1. The normalized spacial score (nSPS) is 9.93. The van der Waals surface area contributed by atoms with Gasteiger partial charge in [-0.3, -0.25) is 14.3 Å². The van der Waals surface area contributed by atoms with E-state index in [1.54, 1.807) is 6.92 Å². The zero-order valence-electron chi connectivity index (χ0n) is 8.47. The van der Waals surface area contributed by atoms with Gasteiger partial charge in [-0.1, -0.05) is 0 Å². The molecule has 0 aliphatic heterocycles. The van der Waals surface area contributed by atoms with Crippen LogP contribution in [-0.2, 0) is 16.1 Å². The van der Waals surface area contributed by atoms with Crippen molar-refractivity contribution in [3.8, 4) is 0 Å². The van der Waals surface area contributed by atoms with Crippen LogP contribution < -0.4 is 5.73 Å². The van der Waals surface area contributed by atoms with Crippen molar-refractivity contribution in [1.82, 2.24) is 9.78 Å². The molecule has 6 heteroatoms. The summed E-state index contributed by atoms with van der Waals surface area (Å²) in [6, 6.07) is 0. The molecule has 0 radical (unpaired) electrons. The number of rotatable bonds is 5. The average molecular weight is 211 g/mol. The lowest BCUT2D eigenvalue weighted by atomic mass is 10.3. The summed E-state index contributed by atoms with van der Waals surface area (Å²) >= 11 is 0. The molecule has 0 saturated carbocycles. The summed E-state index contributed by atoms with van der Waals surface area (Å²) in [5.41, 5.74) is 5.38. The SMILES string of the molecule is CCOC(=O)CCn1cc(C(N)=O)cn1. The molecule has 0 fully saturated rings. The van der Waals surface area contributed by atoms with Crippen molar-refractivity contribution in [1.29, 1.82) is 0 Å². The lowest BCUT2D eigenvalue weighted by Crippen LogP contribution is -2.11. The van der Waals surface area contributed by atoms with Crippen LogP contribution in [0.1, 0.15) is 23.7 Å². The van der Waals surface area contributed by atoms with Gasteiger partial charge in [0.1, 0.15) is 0 Å². The first-order chi connectivity index (χ1) is 7.13. The van der Waals surface area contributed by atoms with Crippen LogP contribution in [0.25, 0.3) is 0 Å². The van der Waals surface area contributed by atoms with Crippen molar-refractivity contribution in [2.24, 2.45) is 5.73 Å². The molecule has 82 valence electrons. The summed E-state index contributed by atoms with van der Waals surface area (Å²) in [6.45, 7) is 2.49. The molecule has 0 bridgehead atoms. The number of aryl methyl sites for hydroxylation is 1. The Morgan fingerprint density at radius 1 is 1.60 bits per heavy atom. The zero-order chi connectivity index (χ0) is 11.3. The monoisotopic (exact) mass is 211 g/mol. The highest BCUT2D eigenvalue weighted by Crippen LogP contribution is 1.98. The maximum Gasteiger partial charge on any atom is 0.307 e. The van der Waals surface area contributed by atoms with Crippen molar-refractivity contribution in [2.45, 2.75) is 19.9 Å². The molecule has 1 amide bonds. The maximum absolute atomic E-state index is 11.0. The van der Waals surface area contributed by atoms with Crippen LogP contribution >= 0.6 is 0 Å². The number of aromatic nitrogens is 2. The fraction of sp³-hybridized carbons (Fsp3) is 0.444. The Hall–Kier alpha value is -1.85. The van der Waals surface area contributed by atoms with Gasteiger partial charge in [0, 0.05) is 6.20 Å².